The maximum Gasteiger partial charge on any atom is 0.0465 e. The van der Waals surface area contributed by atoms with Crippen LogP contribution in [0.25, 0.3) is 0 Å². The molecule has 0 radical (unpaired) electrons. The fraction of sp³-hybridized carbons (Fsp3) is 0.900. The Morgan fingerprint density at radius 1 is 0.571 bits per heavy atom. The van der Waals surface area contributed by atoms with Gasteiger partial charge in [0.2, 0.25) is 0 Å². The van der Waals surface area contributed by atoms with E-state index >= 15 is 0 Å². The van der Waals surface area contributed by atoms with Gasteiger partial charge in [-0.25, -0.2) is 0 Å². The molecular formula is C20H40O. The zero-order valence-corrected chi connectivity index (χ0v) is 14.9. The average Bonchev–Trinajstić information content (AvgIpc) is 2.50. The van der Waals surface area contributed by atoms with Crippen molar-refractivity contribution < 1.29 is 4.74 Å². The van der Waals surface area contributed by atoms with Crippen molar-refractivity contribution in [2.45, 2.75) is 104 Å². The van der Waals surface area contributed by atoms with Gasteiger partial charge in [0, 0.05) is 13.2 Å². The van der Waals surface area contributed by atoms with Gasteiger partial charge in [-0.15, -0.1) is 0 Å². The molecule has 1 heteroatoms. The molecule has 0 atom stereocenters. The Bertz CT molecular complexity index is 198. The third kappa shape index (κ3) is 19.7. The van der Waals surface area contributed by atoms with Gasteiger partial charge in [0.05, 0.1) is 0 Å². The second-order valence-corrected chi connectivity index (χ2v) is 6.13. The van der Waals surface area contributed by atoms with Gasteiger partial charge in [-0.1, -0.05) is 76.9 Å². The first-order chi connectivity index (χ1) is 10.4. The third-order valence-electron chi connectivity index (χ3n) is 4.00. The molecule has 0 fully saturated rings. The van der Waals surface area contributed by atoms with Crippen LogP contribution in [0.4, 0.5) is 0 Å². The van der Waals surface area contributed by atoms with Crippen molar-refractivity contribution in [1.82, 2.24) is 0 Å². The minimum atomic E-state index is 0.866. The first kappa shape index (κ1) is 20.7. The van der Waals surface area contributed by atoms with Gasteiger partial charge in [-0.05, 0) is 39.0 Å². The summed E-state index contributed by atoms with van der Waals surface area (Å²) in [4.78, 5) is 0. The monoisotopic (exact) mass is 296 g/mol. The van der Waals surface area contributed by atoms with Gasteiger partial charge >= 0.3 is 0 Å². The summed E-state index contributed by atoms with van der Waals surface area (Å²) in [5, 5.41) is 0. The highest BCUT2D eigenvalue weighted by atomic mass is 16.5. The topological polar surface area (TPSA) is 9.23 Å². The van der Waals surface area contributed by atoms with E-state index < -0.39 is 0 Å². The van der Waals surface area contributed by atoms with Crippen molar-refractivity contribution in [3.05, 3.63) is 12.2 Å². The van der Waals surface area contributed by atoms with Crippen molar-refractivity contribution in [3.63, 3.8) is 0 Å². The van der Waals surface area contributed by atoms with E-state index in [9.17, 15) is 0 Å². The summed E-state index contributed by atoms with van der Waals surface area (Å²) in [6.45, 7) is 6.17. The molecule has 0 unspecified atom stereocenters. The Balaban J connectivity index is 3.02. The molecule has 1 nitrogen and oxygen atoms in total. The summed E-state index contributed by atoms with van der Waals surface area (Å²) < 4.78 is 5.34. The van der Waals surface area contributed by atoms with Crippen LogP contribution < -0.4 is 0 Å². The van der Waals surface area contributed by atoms with E-state index in [0.717, 1.165) is 13.2 Å². The second kappa shape index (κ2) is 19.7. The number of hydrogen-bond acceptors (Lipinski definition) is 1. The molecule has 126 valence electrons. The summed E-state index contributed by atoms with van der Waals surface area (Å²) in [5.74, 6) is 0. The fourth-order valence-corrected chi connectivity index (χ4v) is 2.60. The lowest BCUT2D eigenvalue weighted by molar-refractivity contribution is 0.143. The minimum absolute atomic E-state index is 0.866. The van der Waals surface area contributed by atoms with Crippen molar-refractivity contribution in [2.24, 2.45) is 0 Å². The highest BCUT2D eigenvalue weighted by Crippen LogP contribution is 2.09. The molecule has 0 aliphatic heterocycles. The van der Waals surface area contributed by atoms with E-state index in [1.165, 1.54) is 89.9 Å². The zero-order chi connectivity index (χ0) is 15.4. The first-order valence-electron chi connectivity index (χ1n) is 9.64. The predicted octanol–water partition coefficient (Wildman–Crippen LogP) is 7.06. The van der Waals surface area contributed by atoms with Crippen molar-refractivity contribution in [3.8, 4) is 0 Å². The van der Waals surface area contributed by atoms with Crippen LogP contribution in [-0.2, 0) is 4.74 Å². The number of hydrogen-bond donors (Lipinski definition) is 0. The summed E-state index contributed by atoms with van der Waals surface area (Å²) in [6.07, 6.45) is 24.0. The maximum absolute atomic E-state index is 5.34. The van der Waals surface area contributed by atoms with E-state index in [0.29, 0.717) is 0 Å². The molecule has 21 heavy (non-hydrogen) atoms. The molecule has 0 rings (SSSR count). The molecule has 0 N–H and O–H groups in total. The largest absolute Gasteiger partial charge is 0.382 e. The van der Waals surface area contributed by atoms with E-state index in [4.69, 9.17) is 4.74 Å². The Morgan fingerprint density at radius 3 is 1.57 bits per heavy atom. The number of rotatable bonds is 17. The van der Waals surface area contributed by atoms with Crippen LogP contribution in [0.15, 0.2) is 12.2 Å². The van der Waals surface area contributed by atoms with Gasteiger partial charge in [-0.3, -0.25) is 0 Å². The van der Waals surface area contributed by atoms with Crippen molar-refractivity contribution in [2.75, 3.05) is 13.2 Å². The highest BCUT2D eigenvalue weighted by molar-refractivity contribution is 4.81. The van der Waals surface area contributed by atoms with Crippen LogP contribution in [-0.4, -0.2) is 13.2 Å². The van der Waals surface area contributed by atoms with Crippen LogP contribution >= 0.6 is 0 Å². The highest BCUT2D eigenvalue weighted by Gasteiger charge is 1.91. The lowest BCUT2D eigenvalue weighted by Gasteiger charge is -2.01. The second-order valence-electron chi connectivity index (χ2n) is 6.13. The molecule has 0 spiro atoms. The quantitative estimate of drug-likeness (QED) is 0.206. The smallest absolute Gasteiger partial charge is 0.0465 e. The lowest BCUT2D eigenvalue weighted by atomic mass is 10.1. The lowest BCUT2D eigenvalue weighted by Crippen LogP contribution is -1.92. The molecular weight excluding hydrogens is 256 g/mol. The molecule has 0 bridgehead atoms. The van der Waals surface area contributed by atoms with Gasteiger partial charge in [-0.2, -0.15) is 0 Å². The number of unbranched alkanes of at least 4 members (excludes halogenated alkanes) is 12. The van der Waals surface area contributed by atoms with E-state index in [2.05, 4.69) is 26.0 Å². The van der Waals surface area contributed by atoms with Gasteiger partial charge in [0.1, 0.15) is 0 Å². The summed E-state index contributed by atoms with van der Waals surface area (Å²) in [7, 11) is 0. The molecule has 0 saturated heterocycles. The Kier molecular flexibility index (Phi) is 19.4. The van der Waals surface area contributed by atoms with Crippen molar-refractivity contribution >= 4 is 0 Å². The third-order valence-corrected chi connectivity index (χ3v) is 4.00. The first-order valence-corrected chi connectivity index (χ1v) is 9.64. The van der Waals surface area contributed by atoms with Crippen LogP contribution in [0, 0.1) is 0 Å². The molecule has 0 heterocycles. The van der Waals surface area contributed by atoms with Crippen molar-refractivity contribution in [1.29, 1.82) is 0 Å². The van der Waals surface area contributed by atoms with E-state index in [1.807, 2.05) is 0 Å². The average molecular weight is 297 g/mol. The molecule has 0 saturated carbocycles. The zero-order valence-electron chi connectivity index (χ0n) is 14.9. The predicted molar refractivity (Wildman–Crippen MR) is 95.9 cm³/mol. The number of ether oxygens (including phenoxy) is 1. The fourth-order valence-electron chi connectivity index (χ4n) is 2.60. The maximum atomic E-state index is 5.34. The molecule has 0 aromatic rings. The van der Waals surface area contributed by atoms with Gasteiger partial charge in [0.25, 0.3) is 0 Å². The van der Waals surface area contributed by atoms with Gasteiger partial charge in [0.15, 0.2) is 0 Å². The van der Waals surface area contributed by atoms with Crippen LogP contribution in [0.5, 0.6) is 0 Å². The molecule has 0 aliphatic rings. The minimum Gasteiger partial charge on any atom is -0.382 e. The Labute approximate surface area is 134 Å². The molecule has 0 aromatic heterocycles. The number of allylic oxidation sites excluding steroid dienone is 2. The summed E-state index contributed by atoms with van der Waals surface area (Å²) in [6, 6.07) is 0. The molecule has 0 amide bonds. The Hall–Kier alpha value is -0.300. The summed E-state index contributed by atoms with van der Waals surface area (Å²) in [5.41, 5.74) is 0. The standard InChI is InChI=1S/C20H40O/c1-3-5-6-7-8-9-10-11-12-13-14-15-16-17-18-19-20-21-4-2/h11-12H,3-10,13-20H2,1-2H3. The Morgan fingerprint density at radius 2 is 1.05 bits per heavy atom. The van der Waals surface area contributed by atoms with E-state index in [-0.39, 0.29) is 0 Å². The molecule has 0 aliphatic carbocycles. The van der Waals surface area contributed by atoms with Crippen LogP contribution in [0.3, 0.4) is 0 Å². The summed E-state index contributed by atoms with van der Waals surface area (Å²) >= 11 is 0. The van der Waals surface area contributed by atoms with Crippen LogP contribution in [0.2, 0.25) is 0 Å². The SMILES string of the molecule is CCCCCCCCC=CCCCCCCCCOCC. The molecule has 0 aromatic carbocycles. The van der Waals surface area contributed by atoms with E-state index in [1.54, 1.807) is 0 Å². The van der Waals surface area contributed by atoms with Gasteiger partial charge < -0.3 is 4.74 Å². The van der Waals surface area contributed by atoms with Crippen LogP contribution in [0.1, 0.15) is 104 Å². The normalized spacial score (nSPS) is 11.5.